The third kappa shape index (κ3) is 6.39. The Kier molecular flexibility index (Phi) is 8.05. The van der Waals surface area contributed by atoms with Crippen molar-refractivity contribution in [3.63, 3.8) is 0 Å². The highest BCUT2D eigenvalue weighted by Crippen LogP contribution is 2.39. The Balaban J connectivity index is 1.31. The van der Waals surface area contributed by atoms with Gasteiger partial charge in [-0.1, -0.05) is 25.1 Å². The van der Waals surface area contributed by atoms with Crippen molar-refractivity contribution >= 4 is 23.4 Å². The fraction of sp³-hybridized carbons (Fsp3) is 0.367. The first-order chi connectivity index (χ1) is 19.6. The molecule has 2 heterocycles. The first-order valence-corrected chi connectivity index (χ1v) is 13.5. The molecule has 216 valence electrons. The molecular weight excluding hydrogens is 539 g/mol. The summed E-state index contributed by atoms with van der Waals surface area (Å²) in [7, 11) is 0. The number of carbonyl (C=O) groups is 2. The van der Waals surface area contributed by atoms with Gasteiger partial charge in [-0.15, -0.1) is 0 Å². The number of hydrogen-bond acceptors (Lipinski definition) is 5. The van der Waals surface area contributed by atoms with Gasteiger partial charge in [0.1, 0.15) is 18.0 Å². The zero-order chi connectivity index (χ0) is 29.1. The van der Waals surface area contributed by atoms with E-state index in [1.165, 1.54) is 23.1 Å². The van der Waals surface area contributed by atoms with E-state index in [9.17, 15) is 27.9 Å². The maximum Gasteiger partial charge on any atom is 0.418 e. The number of ether oxygens (including phenoxy) is 2. The molecule has 1 aliphatic carbocycles. The van der Waals surface area contributed by atoms with Crippen LogP contribution in [0, 0.1) is 5.92 Å². The number of urea groups is 1. The number of nitrogens with one attached hydrogen (secondary N) is 1. The Morgan fingerprint density at radius 2 is 1.80 bits per heavy atom. The van der Waals surface area contributed by atoms with E-state index in [4.69, 9.17) is 9.47 Å². The number of para-hydroxylation sites is 1. The largest absolute Gasteiger partial charge is 0.486 e. The number of halogens is 3. The number of fused-ring (bicyclic) bond motifs is 1. The molecule has 1 aromatic heterocycles. The van der Waals surface area contributed by atoms with Gasteiger partial charge in [0.25, 0.3) is 0 Å². The molecule has 1 saturated carbocycles. The Labute approximate surface area is 235 Å². The van der Waals surface area contributed by atoms with E-state index >= 15 is 0 Å². The van der Waals surface area contributed by atoms with E-state index in [2.05, 4.69) is 10.3 Å². The minimum absolute atomic E-state index is 0.0766. The van der Waals surface area contributed by atoms with Crippen molar-refractivity contribution in [1.29, 1.82) is 0 Å². The molecule has 3 aromatic rings. The second-order valence-electron chi connectivity index (χ2n) is 10.2. The lowest BCUT2D eigenvalue weighted by Gasteiger charge is -2.35. The van der Waals surface area contributed by atoms with Crippen LogP contribution in [0.5, 0.6) is 11.6 Å². The zero-order valence-corrected chi connectivity index (χ0v) is 22.4. The maximum atomic E-state index is 13.5. The standard InChI is InChI=1S/C30H30F3N3O5/c1-2-21-17-36(29(39)35-24-6-4-3-5-23(24)30(31,32)33)25-13-9-19(15-26(25)40-21)20-10-14-27(34-16-20)41-22-11-7-18(8-12-22)28(37)38/h3-6,9-10,13-16,18,21-22H,2,7-8,11-12,17H2,1H3,(H,35,39)(H,37,38). The summed E-state index contributed by atoms with van der Waals surface area (Å²) < 4.78 is 52.5. The second-order valence-corrected chi connectivity index (χ2v) is 10.2. The number of rotatable bonds is 6. The number of carbonyl (C=O) groups excluding carboxylic acids is 1. The van der Waals surface area contributed by atoms with Crippen LogP contribution in [0.3, 0.4) is 0 Å². The molecule has 8 nitrogen and oxygen atoms in total. The maximum absolute atomic E-state index is 13.5. The summed E-state index contributed by atoms with van der Waals surface area (Å²) in [4.78, 5) is 30.2. The molecule has 0 radical (unpaired) electrons. The Bertz CT molecular complexity index is 1410. The fourth-order valence-corrected chi connectivity index (χ4v) is 5.18. The molecule has 1 aliphatic heterocycles. The number of amides is 2. The summed E-state index contributed by atoms with van der Waals surface area (Å²) in [6.07, 6.45) is -0.292. The minimum Gasteiger partial charge on any atom is -0.486 e. The number of benzene rings is 2. The van der Waals surface area contributed by atoms with E-state index in [0.717, 1.165) is 17.2 Å². The molecule has 1 unspecified atom stereocenters. The van der Waals surface area contributed by atoms with Crippen LogP contribution < -0.4 is 19.7 Å². The predicted octanol–water partition coefficient (Wildman–Crippen LogP) is 7.00. The smallest absolute Gasteiger partial charge is 0.418 e. The van der Waals surface area contributed by atoms with Crippen molar-refractivity contribution in [1.82, 2.24) is 4.98 Å². The molecule has 2 amide bonds. The molecule has 2 aliphatic rings. The van der Waals surface area contributed by atoms with Crippen LogP contribution >= 0.6 is 0 Å². The third-order valence-corrected chi connectivity index (χ3v) is 7.49. The van der Waals surface area contributed by atoms with Crippen molar-refractivity contribution in [2.45, 2.75) is 57.4 Å². The second kappa shape index (κ2) is 11.7. The number of hydrogen-bond donors (Lipinski definition) is 2. The monoisotopic (exact) mass is 569 g/mol. The normalized spacial score (nSPS) is 20.5. The lowest BCUT2D eigenvalue weighted by Crippen LogP contribution is -2.45. The first kappa shape index (κ1) is 28.3. The van der Waals surface area contributed by atoms with Crippen molar-refractivity contribution < 1.29 is 37.3 Å². The Hall–Kier alpha value is -4.28. The molecular formula is C30H30F3N3O5. The molecule has 2 aromatic carbocycles. The van der Waals surface area contributed by atoms with Crippen molar-refractivity contribution in [3.8, 4) is 22.8 Å². The molecule has 2 N–H and O–H groups in total. The van der Waals surface area contributed by atoms with Crippen LogP contribution in [0.15, 0.2) is 60.8 Å². The Morgan fingerprint density at radius 3 is 2.46 bits per heavy atom. The van der Waals surface area contributed by atoms with Gasteiger partial charge in [-0.2, -0.15) is 13.2 Å². The van der Waals surface area contributed by atoms with Crippen molar-refractivity contribution in [2.75, 3.05) is 16.8 Å². The summed E-state index contributed by atoms with van der Waals surface area (Å²) >= 11 is 0. The van der Waals surface area contributed by atoms with Crippen LogP contribution in [-0.2, 0) is 11.0 Å². The minimum atomic E-state index is -4.61. The average Bonchev–Trinajstić information content (AvgIpc) is 2.96. The number of anilines is 2. The molecule has 41 heavy (non-hydrogen) atoms. The van der Waals surface area contributed by atoms with E-state index < -0.39 is 23.7 Å². The first-order valence-electron chi connectivity index (χ1n) is 13.5. The van der Waals surface area contributed by atoms with Gasteiger partial charge in [-0.25, -0.2) is 9.78 Å². The molecule has 0 spiro atoms. The van der Waals surface area contributed by atoms with E-state index in [0.29, 0.717) is 49.4 Å². The van der Waals surface area contributed by atoms with Crippen molar-refractivity contribution in [3.05, 3.63) is 66.4 Å². The Morgan fingerprint density at radius 1 is 1.07 bits per heavy atom. The van der Waals surface area contributed by atoms with Crippen LogP contribution in [0.2, 0.25) is 0 Å². The number of pyridine rings is 1. The molecule has 5 rings (SSSR count). The molecule has 1 fully saturated rings. The molecule has 11 heteroatoms. The lowest BCUT2D eigenvalue weighted by molar-refractivity contribution is -0.143. The topological polar surface area (TPSA) is 101 Å². The zero-order valence-electron chi connectivity index (χ0n) is 22.4. The number of alkyl halides is 3. The van der Waals surface area contributed by atoms with Gasteiger partial charge in [0.2, 0.25) is 5.88 Å². The average molecular weight is 570 g/mol. The lowest BCUT2D eigenvalue weighted by atomic mass is 9.87. The number of aromatic nitrogens is 1. The highest BCUT2D eigenvalue weighted by Gasteiger charge is 2.35. The van der Waals surface area contributed by atoms with Crippen molar-refractivity contribution in [2.24, 2.45) is 5.92 Å². The number of carboxylic acids is 1. The summed E-state index contributed by atoms with van der Waals surface area (Å²) in [6.45, 7) is 2.09. The molecule has 0 saturated heterocycles. The molecule has 1 atom stereocenters. The van der Waals surface area contributed by atoms with Gasteiger partial charge in [0.15, 0.2) is 0 Å². The SMILES string of the molecule is CCC1CN(C(=O)Nc2ccccc2C(F)(F)F)c2ccc(-c3ccc(OC4CCC(C(=O)O)CC4)nc3)cc2O1. The van der Waals surface area contributed by atoms with Crippen LogP contribution in [0.25, 0.3) is 11.1 Å². The van der Waals surface area contributed by atoms with E-state index in [1.807, 2.05) is 13.0 Å². The summed E-state index contributed by atoms with van der Waals surface area (Å²) in [5.74, 6) is -0.188. The van der Waals surface area contributed by atoms with E-state index in [1.54, 1.807) is 30.5 Å². The van der Waals surface area contributed by atoms with Gasteiger partial charge >= 0.3 is 18.2 Å². The summed E-state index contributed by atoms with van der Waals surface area (Å²) in [5.41, 5.74) is 0.782. The quantitative estimate of drug-likeness (QED) is 0.332. The van der Waals surface area contributed by atoms with Gasteiger partial charge < -0.3 is 19.9 Å². The van der Waals surface area contributed by atoms with Crippen LogP contribution in [0.4, 0.5) is 29.3 Å². The van der Waals surface area contributed by atoms with Crippen LogP contribution in [0.1, 0.15) is 44.6 Å². The predicted molar refractivity (Wildman–Crippen MR) is 146 cm³/mol. The summed E-state index contributed by atoms with van der Waals surface area (Å²) in [6, 6.07) is 13.1. The van der Waals surface area contributed by atoms with Gasteiger partial charge in [0.05, 0.1) is 29.4 Å². The van der Waals surface area contributed by atoms with E-state index in [-0.39, 0.29) is 30.4 Å². The third-order valence-electron chi connectivity index (χ3n) is 7.49. The highest BCUT2D eigenvalue weighted by molar-refractivity contribution is 6.03. The van der Waals surface area contributed by atoms with Crippen LogP contribution in [-0.4, -0.2) is 40.8 Å². The number of aliphatic carboxylic acids is 1. The number of nitrogens with zero attached hydrogens (tertiary/aromatic N) is 2. The van der Waals surface area contributed by atoms with Gasteiger partial charge in [-0.3, -0.25) is 9.69 Å². The molecule has 0 bridgehead atoms. The summed E-state index contributed by atoms with van der Waals surface area (Å²) in [5, 5.41) is 11.6. The highest BCUT2D eigenvalue weighted by atomic mass is 19.4. The van der Waals surface area contributed by atoms with Gasteiger partial charge in [0, 0.05) is 17.8 Å². The van der Waals surface area contributed by atoms with Gasteiger partial charge in [-0.05, 0) is 68.0 Å². The fourth-order valence-electron chi connectivity index (χ4n) is 5.18. The number of carboxylic acid groups (broad SMARTS) is 1.